The second kappa shape index (κ2) is 13.4. The summed E-state index contributed by atoms with van der Waals surface area (Å²) in [5.41, 5.74) is 0. The summed E-state index contributed by atoms with van der Waals surface area (Å²) < 4.78 is 5.64. The molecule has 0 radical (unpaired) electrons. The van der Waals surface area contributed by atoms with Crippen molar-refractivity contribution in [2.24, 2.45) is 5.92 Å². The third kappa shape index (κ3) is 10.3. The van der Waals surface area contributed by atoms with Gasteiger partial charge in [-0.05, 0) is 18.8 Å². The minimum atomic E-state index is -0.453. The van der Waals surface area contributed by atoms with Gasteiger partial charge in [0, 0.05) is 25.6 Å². The van der Waals surface area contributed by atoms with E-state index in [1.54, 1.807) is 0 Å². The Kier molecular flexibility index (Phi) is 13.0. The highest BCUT2D eigenvalue weighted by Crippen LogP contribution is 2.12. The summed E-state index contributed by atoms with van der Waals surface area (Å²) in [6.07, 6.45) is 11.4. The molecule has 2 N–H and O–H groups in total. The van der Waals surface area contributed by atoms with Gasteiger partial charge in [-0.25, -0.2) is 0 Å². The van der Waals surface area contributed by atoms with E-state index in [1.807, 2.05) is 0 Å². The molecule has 0 saturated heterocycles. The molecule has 0 aromatic heterocycles. The molecule has 0 fully saturated rings. The minimum absolute atomic E-state index is 0.294. The lowest BCUT2D eigenvalue weighted by Gasteiger charge is -2.19. The van der Waals surface area contributed by atoms with Gasteiger partial charge in [0.05, 0.1) is 12.7 Å². The number of hydrogen-bond donors (Lipinski definition) is 2. The lowest BCUT2D eigenvalue weighted by Crippen LogP contribution is -2.37. The van der Waals surface area contributed by atoms with Crippen molar-refractivity contribution in [3.8, 4) is 12.3 Å². The van der Waals surface area contributed by atoms with E-state index in [9.17, 15) is 5.11 Å². The summed E-state index contributed by atoms with van der Waals surface area (Å²) in [6, 6.07) is 0.294. The average Bonchev–Trinajstić information content (AvgIpc) is 2.46. The largest absolute Gasteiger partial charge is 0.389 e. The number of ether oxygens (including phenoxy) is 1. The fourth-order valence-electron chi connectivity index (χ4n) is 2.13. The van der Waals surface area contributed by atoms with E-state index in [-0.39, 0.29) is 0 Å². The first-order valence-electron chi connectivity index (χ1n) is 8.10. The Morgan fingerprint density at radius 3 is 2.50 bits per heavy atom. The van der Waals surface area contributed by atoms with Crippen LogP contribution in [0.1, 0.15) is 59.3 Å². The highest BCUT2D eigenvalue weighted by atomic mass is 16.5. The first-order valence-corrected chi connectivity index (χ1v) is 8.10. The monoisotopic (exact) mass is 283 g/mol. The van der Waals surface area contributed by atoms with E-state index in [4.69, 9.17) is 11.2 Å². The number of nitrogens with one attached hydrogen (secondary N) is 1. The van der Waals surface area contributed by atoms with E-state index in [1.165, 1.54) is 19.3 Å². The van der Waals surface area contributed by atoms with Crippen LogP contribution in [0.15, 0.2) is 0 Å². The molecule has 0 saturated carbocycles. The zero-order chi connectivity index (χ0) is 15.2. The van der Waals surface area contributed by atoms with Crippen LogP contribution < -0.4 is 5.32 Å². The Morgan fingerprint density at radius 2 is 1.95 bits per heavy atom. The predicted molar refractivity (Wildman–Crippen MR) is 85.7 cm³/mol. The number of aliphatic hydroxyl groups excluding tert-OH is 1. The predicted octanol–water partition coefficient (Wildman–Crippen LogP) is 2.97. The molecule has 0 heterocycles. The van der Waals surface area contributed by atoms with Gasteiger partial charge in [0.15, 0.2) is 0 Å². The molecule has 0 aliphatic heterocycles. The first-order chi connectivity index (χ1) is 9.67. The van der Waals surface area contributed by atoms with Crippen LogP contribution in [0, 0.1) is 18.3 Å². The third-order valence-corrected chi connectivity index (χ3v) is 3.71. The molecule has 3 heteroatoms. The maximum atomic E-state index is 9.88. The Morgan fingerprint density at radius 1 is 1.20 bits per heavy atom. The molecule has 3 nitrogen and oxygen atoms in total. The highest BCUT2D eigenvalue weighted by molar-refractivity contribution is 4.89. The second-order valence-electron chi connectivity index (χ2n) is 5.53. The van der Waals surface area contributed by atoms with E-state index < -0.39 is 6.10 Å². The standard InChI is InChI=1S/C17H33NO2/c1-5-9-11-15(7-3)13-20-14-17(19)12-18-16(8-4)10-6-2/h2,15-19H,5,7-14H2,1,3-4H3. The van der Waals surface area contributed by atoms with Crippen LogP contribution in [0.2, 0.25) is 0 Å². The van der Waals surface area contributed by atoms with Crippen molar-refractivity contribution < 1.29 is 9.84 Å². The van der Waals surface area contributed by atoms with Gasteiger partial charge in [-0.3, -0.25) is 0 Å². The molecule has 0 aromatic rings. The smallest absolute Gasteiger partial charge is 0.0897 e. The van der Waals surface area contributed by atoms with Crippen molar-refractivity contribution >= 4 is 0 Å². The molecular weight excluding hydrogens is 250 g/mol. The van der Waals surface area contributed by atoms with E-state index in [0.29, 0.717) is 31.5 Å². The van der Waals surface area contributed by atoms with Crippen molar-refractivity contribution in [1.82, 2.24) is 5.32 Å². The minimum Gasteiger partial charge on any atom is -0.389 e. The average molecular weight is 283 g/mol. The number of rotatable bonds is 13. The van der Waals surface area contributed by atoms with Gasteiger partial charge in [-0.15, -0.1) is 12.3 Å². The molecule has 3 unspecified atom stereocenters. The number of hydrogen-bond acceptors (Lipinski definition) is 3. The highest BCUT2D eigenvalue weighted by Gasteiger charge is 2.10. The van der Waals surface area contributed by atoms with Gasteiger partial charge in [0.1, 0.15) is 0 Å². The van der Waals surface area contributed by atoms with Crippen LogP contribution in [-0.2, 0) is 4.74 Å². The molecule has 0 bridgehead atoms. The second-order valence-corrected chi connectivity index (χ2v) is 5.53. The summed E-state index contributed by atoms with van der Waals surface area (Å²) in [5, 5.41) is 13.2. The summed E-state index contributed by atoms with van der Waals surface area (Å²) in [5.74, 6) is 3.28. The van der Waals surface area contributed by atoms with Gasteiger partial charge in [0.2, 0.25) is 0 Å². The summed E-state index contributed by atoms with van der Waals surface area (Å²) >= 11 is 0. The van der Waals surface area contributed by atoms with Crippen LogP contribution in [0.5, 0.6) is 0 Å². The molecule has 0 aliphatic rings. The molecule has 20 heavy (non-hydrogen) atoms. The third-order valence-electron chi connectivity index (χ3n) is 3.71. The Bertz CT molecular complexity index is 250. The van der Waals surface area contributed by atoms with Crippen molar-refractivity contribution in [2.45, 2.75) is 71.4 Å². The zero-order valence-corrected chi connectivity index (χ0v) is 13.5. The summed E-state index contributed by atoms with van der Waals surface area (Å²) in [6.45, 7) is 8.22. The quantitative estimate of drug-likeness (QED) is 0.511. The molecule has 118 valence electrons. The van der Waals surface area contributed by atoms with Crippen LogP contribution in [0.4, 0.5) is 0 Å². The van der Waals surface area contributed by atoms with Gasteiger partial charge >= 0.3 is 0 Å². The Balaban J connectivity index is 3.70. The summed E-state index contributed by atoms with van der Waals surface area (Å²) in [4.78, 5) is 0. The van der Waals surface area contributed by atoms with Gasteiger partial charge in [-0.2, -0.15) is 0 Å². The van der Waals surface area contributed by atoms with E-state index in [2.05, 4.69) is 32.0 Å². The molecule has 0 aromatic carbocycles. The van der Waals surface area contributed by atoms with Crippen molar-refractivity contribution in [2.75, 3.05) is 19.8 Å². The molecule has 0 amide bonds. The number of terminal acetylenes is 1. The van der Waals surface area contributed by atoms with Gasteiger partial charge in [-0.1, -0.05) is 40.0 Å². The fourth-order valence-corrected chi connectivity index (χ4v) is 2.13. The SMILES string of the molecule is C#CCC(CC)NCC(O)COCC(CC)CCCC. The van der Waals surface area contributed by atoms with Crippen molar-refractivity contribution in [3.05, 3.63) is 0 Å². The van der Waals surface area contributed by atoms with E-state index in [0.717, 1.165) is 19.4 Å². The molecule has 0 aliphatic carbocycles. The van der Waals surface area contributed by atoms with Crippen LogP contribution in [0.25, 0.3) is 0 Å². The molecule has 3 atom stereocenters. The Hall–Kier alpha value is -0.560. The van der Waals surface area contributed by atoms with Crippen molar-refractivity contribution in [3.63, 3.8) is 0 Å². The molecule has 0 spiro atoms. The topological polar surface area (TPSA) is 41.5 Å². The molecule has 0 rings (SSSR count). The van der Waals surface area contributed by atoms with Crippen LogP contribution in [-0.4, -0.2) is 37.0 Å². The Labute approximate surface area is 125 Å². The fraction of sp³-hybridized carbons (Fsp3) is 0.882. The molecular formula is C17H33NO2. The maximum absolute atomic E-state index is 9.88. The summed E-state index contributed by atoms with van der Waals surface area (Å²) in [7, 11) is 0. The van der Waals surface area contributed by atoms with E-state index >= 15 is 0 Å². The maximum Gasteiger partial charge on any atom is 0.0897 e. The lowest BCUT2D eigenvalue weighted by molar-refractivity contribution is 0.0183. The first kappa shape index (κ1) is 19.4. The lowest BCUT2D eigenvalue weighted by atomic mass is 10.0. The number of unbranched alkanes of at least 4 members (excludes halogenated alkanes) is 1. The zero-order valence-electron chi connectivity index (χ0n) is 13.5. The van der Waals surface area contributed by atoms with Gasteiger partial charge < -0.3 is 15.2 Å². The van der Waals surface area contributed by atoms with Gasteiger partial charge in [0.25, 0.3) is 0 Å². The normalized spacial score (nSPS) is 15.6. The van der Waals surface area contributed by atoms with Crippen LogP contribution in [0.3, 0.4) is 0 Å². The number of aliphatic hydroxyl groups is 1. The van der Waals surface area contributed by atoms with Crippen molar-refractivity contribution in [1.29, 1.82) is 0 Å². The van der Waals surface area contributed by atoms with Crippen LogP contribution >= 0.6 is 0 Å².